The number of hydrogen-bond donors (Lipinski definition) is 0. The van der Waals surface area contributed by atoms with Crippen LogP contribution in [-0.4, -0.2) is 69.0 Å². The molecule has 1 aromatic heterocycles. The Morgan fingerprint density at radius 2 is 1.97 bits per heavy atom. The van der Waals surface area contributed by atoms with Crippen molar-refractivity contribution in [3.05, 3.63) is 47.3 Å². The van der Waals surface area contributed by atoms with Crippen LogP contribution < -0.4 is 0 Å². The van der Waals surface area contributed by atoms with E-state index in [-0.39, 0.29) is 5.69 Å². The second-order valence-corrected chi connectivity index (χ2v) is 8.93. The molecular formula is C22H31N5O3. The molecule has 1 atom stereocenters. The summed E-state index contributed by atoms with van der Waals surface area (Å²) in [6.07, 6.45) is 4.87. The number of nitrogens with zero attached hydrogens (tertiary/aromatic N) is 5. The van der Waals surface area contributed by atoms with Gasteiger partial charge in [0.15, 0.2) is 5.69 Å². The van der Waals surface area contributed by atoms with Crippen LogP contribution in [0.3, 0.4) is 0 Å². The molecule has 8 nitrogen and oxygen atoms in total. The molecule has 2 heterocycles. The number of aromatic nitrogens is 3. The van der Waals surface area contributed by atoms with E-state index >= 15 is 0 Å². The minimum atomic E-state index is -0.570. The lowest BCUT2D eigenvalue weighted by molar-refractivity contribution is -0.119. The molecule has 1 aromatic carbocycles. The van der Waals surface area contributed by atoms with E-state index in [4.69, 9.17) is 4.74 Å². The van der Waals surface area contributed by atoms with Gasteiger partial charge in [-0.05, 0) is 58.3 Å². The van der Waals surface area contributed by atoms with Crippen LogP contribution in [0, 0.1) is 0 Å². The van der Waals surface area contributed by atoms with E-state index in [0.717, 1.165) is 37.0 Å². The number of rotatable bonds is 8. The molecule has 1 unspecified atom stereocenters. The van der Waals surface area contributed by atoms with Gasteiger partial charge in [-0.2, -0.15) is 0 Å². The van der Waals surface area contributed by atoms with Gasteiger partial charge in [0.25, 0.3) is 0 Å². The van der Waals surface area contributed by atoms with E-state index in [1.807, 2.05) is 49.9 Å². The molecule has 162 valence electrons. The summed E-state index contributed by atoms with van der Waals surface area (Å²) in [6, 6.07) is 8.51. The summed E-state index contributed by atoms with van der Waals surface area (Å²) in [5.74, 6) is -0.481. The van der Waals surface area contributed by atoms with E-state index in [1.54, 1.807) is 10.9 Å². The molecule has 1 amide bonds. The predicted octanol–water partition coefficient (Wildman–Crippen LogP) is 2.33. The number of carbonyl (C=O) groups is 2. The SMILES string of the molecule is CN1CCCC1CN(C=O)Cc1ccc(Cn2cc(C(=O)OC(C)(C)C)nn2)cc1. The third-order valence-corrected chi connectivity index (χ3v) is 5.17. The summed E-state index contributed by atoms with van der Waals surface area (Å²) in [7, 11) is 2.12. The van der Waals surface area contributed by atoms with E-state index in [2.05, 4.69) is 22.3 Å². The number of ether oxygens (including phenoxy) is 1. The molecule has 0 bridgehead atoms. The summed E-state index contributed by atoms with van der Waals surface area (Å²) in [5, 5.41) is 7.93. The number of likely N-dealkylation sites (N-methyl/N-ethyl adjacent to an activating group) is 1. The molecule has 8 heteroatoms. The average Bonchev–Trinajstić information content (AvgIpc) is 3.31. The van der Waals surface area contributed by atoms with E-state index in [0.29, 0.717) is 19.1 Å². The van der Waals surface area contributed by atoms with Gasteiger partial charge in [-0.25, -0.2) is 9.48 Å². The number of esters is 1. The normalized spacial score (nSPS) is 17.1. The molecule has 1 aliphatic rings. The van der Waals surface area contributed by atoms with Gasteiger partial charge in [0.05, 0.1) is 12.7 Å². The molecular weight excluding hydrogens is 382 g/mol. The first-order valence-electron chi connectivity index (χ1n) is 10.3. The maximum absolute atomic E-state index is 12.1. The number of hydrogen-bond acceptors (Lipinski definition) is 6. The molecule has 3 rings (SSSR count). The first-order valence-corrected chi connectivity index (χ1v) is 10.3. The van der Waals surface area contributed by atoms with Crippen LogP contribution in [0.15, 0.2) is 30.5 Å². The molecule has 1 saturated heterocycles. The highest BCUT2D eigenvalue weighted by Gasteiger charge is 2.23. The quantitative estimate of drug-likeness (QED) is 0.488. The number of benzene rings is 1. The van der Waals surface area contributed by atoms with Gasteiger partial charge in [0, 0.05) is 19.1 Å². The summed E-state index contributed by atoms with van der Waals surface area (Å²) in [5.41, 5.74) is 1.74. The van der Waals surface area contributed by atoms with Gasteiger partial charge >= 0.3 is 5.97 Å². The van der Waals surface area contributed by atoms with Gasteiger partial charge < -0.3 is 14.5 Å². The maximum atomic E-state index is 12.1. The van der Waals surface area contributed by atoms with Crippen LogP contribution in [0.5, 0.6) is 0 Å². The van der Waals surface area contributed by atoms with Crippen LogP contribution in [0.2, 0.25) is 0 Å². The predicted molar refractivity (Wildman–Crippen MR) is 113 cm³/mol. The fourth-order valence-corrected chi connectivity index (χ4v) is 3.60. The van der Waals surface area contributed by atoms with Gasteiger partial charge in [-0.1, -0.05) is 29.5 Å². The van der Waals surface area contributed by atoms with Crippen molar-refractivity contribution < 1.29 is 14.3 Å². The largest absolute Gasteiger partial charge is 0.455 e. The number of likely N-dealkylation sites (tertiary alicyclic amines) is 1. The highest BCUT2D eigenvalue weighted by Crippen LogP contribution is 2.17. The zero-order valence-corrected chi connectivity index (χ0v) is 18.2. The molecule has 0 aliphatic carbocycles. The first kappa shape index (κ1) is 22.0. The lowest BCUT2D eigenvalue weighted by Crippen LogP contribution is -2.37. The third-order valence-electron chi connectivity index (χ3n) is 5.17. The molecule has 0 spiro atoms. The molecule has 30 heavy (non-hydrogen) atoms. The average molecular weight is 414 g/mol. The Balaban J connectivity index is 1.55. The Bertz CT molecular complexity index is 856. The van der Waals surface area contributed by atoms with E-state index in [1.165, 1.54) is 6.42 Å². The molecule has 0 saturated carbocycles. The van der Waals surface area contributed by atoms with E-state index in [9.17, 15) is 9.59 Å². The van der Waals surface area contributed by atoms with Crippen LogP contribution in [0.4, 0.5) is 0 Å². The minimum absolute atomic E-state index is 0.194. The number of carbonyl (C=O) groups excluding carboxylic acids is 2. The van der Waals surface area contributed by atoms with Crippen LogP contribution >= 0.6 is 0 Å². The lowest BCUT2D eigenvalue weighted by atomic mass is 10.1. The minimum Gasteiger partial charge on any atom is -0.455 e. The van der Waals surface area contributed by atoms with Crippen LogP contribution in [0.25, 0.3) is 0 Å². The topological polar surface area (TPSA) is 80.6 Å². The zero-order chi connectivity index (χ0) is 21.7. The van der Waals surface area contributed by atoms with Gasteiger partial charge in [-0.15, -0.1) is 5.10 Å². The Kier molecular flexibility index (Phi) is 6.87. The smallest absolute Gasteiger partial charge is 0.361 e. The summed E-state index contributed by atoms with van der Waals surface area (Å²) in [6.45, 7) is 8.40. The standard InChI is InChI=1S/C22H31N5O3/c1-22(2,3)30-21(29)20-15-27(24-23-20)13-18-9-7-17(8-10-18)12-26(16-28)14-19-6-5-11-25(19)4/h7-10,15-16,19H,5-6,11-14H2,1-4H3. The second kappa shape index (κ2) is 9.38. The van der Waals surface area contributed by atoms with Crippen molar-refractivity contribution in [2.24, 2.45) is 0 Å². The second-order valence-electron chi connectivity index (χ2n) is 8.93. The molecule has 0 N–H and O–H groups in total. The summed E-state index contributed by atoms with van der Waals surface area (Å²) in [4.78, 5) is 27.7. The Labute approximate surface area is 177 Å². The monoisotopic (exact) mass is 413 g/mol. The Morgan fingerprint density at radius 3 is 2.57 bits per heavy atom. The van der Waals surface area contributed by atoms with Crippen LogP contribution in [-0.2, 0) is 22.6 Å². The van der Waals surface area contributed by atoms with Crippen molar-refractivity contribution in [3.63, 3.8) is 0 Å². The van der Waals surface area contributed by atoms with Crippen LogP contribution in [0.1, 0.15) is 55.2 Å². The van der Waals surface area contributed by atoms with Gasteiger partial charge in [-0.3, -0.25) is 4.79 Å². The molecule has 2 aromatic rings. The zero-order valence-electron chi connectivity index (χ0n) is 18.2. The molecule has 1 fully saturated rings. The fourth-order valence-electron chi connectivity index (χ4n) is 3.60. The van der Waals surface area contributed by atoms with E-state index < -0.39 is 11.6 Å². The fraction of sp³-hybridized carbons (Fsp3) is 0.545. The Hall–Kier alpha value is -2.74. The highest BCUT2D eigenvalue weighted by atomic mass is 16.6. The van der Waals surface area contributed by atoms with Gasteiger partial charge in [0.2, 0.25) is 6.41 Å². The molecule has 0 radical (unpaired) electrons. The van der Waals surface area contributed by atoms with Crippen molar-refractivity contribution in [2.75, 3.05) is 20.1 Å². The Morgan fingerprint density at radius 1 is 1.27 bits per heavy atom. The van der Waals surface area contributed by atoms with Gasteiger partial charge in [0.1, 0.15) is 5.60 Å². The van der Waals surface area contributed by atoms with Crippen molar-refractivity contribution >= 4 is 12.4 Å². The first-order chi connectivity index (χ1) is 14.2. The third kappa shape index (κ3) is 6.13. The lowest BCUT2D eigenvalue weighted by Gasteiger charge is -2.26. The summed E-state index contributed by atoms with van der Waals surface area (Å²) < 4.78 is 6.93. The molecule has 1 aliphatic heterocycles. The number of amides is 1. The van der Waals surface area contributed by atoms with Crippen molar-refractivity contribution in [1.82, 2.24) is 24.8 Å². The van der Waals surface area contributed by atoms with Crippen molar-refractivity contribution in [2.45, 2.75) is 58.3 Å². The van der Waals surface area contributed by atoms with Crippen molar-refractivity contribution in [3.8, 4) is 0 Å². The maximum Gasteiger partial charge on any atom is 0.361 e. The van der Waals surface area contributed by atoms with Crippen molar-refractivity contribution in [1.29, 1.82) is 0 Å². The summed E-state index contributed by atoms with van der Waals surface area (Å²) >= 11 is 0. The highest BCUT2D eigenvalue weighted by molar-refractivity contribution is 5.87.